The molecule has 1 saturated heterocycles. The normalized spacial score (nSPS) is 20.3. The molecule has 0 unspecified atom stereocenters. The van der Waals surface area contributed by atoms with Crippen LogP contribution in [0.1, 0.15) is 18.9 Å². The highest BCUT2D eigenvalue weighted by Gasteiger charge is 2.39. The highest BCUT2D eigenvalue weighted by Crippen LogP contribution is 2.41. The molecule has 0 aromatic heterocycles. The van der Waals surface area contributed by atoms with Crippen molar-refractivity contribution >= 4 is 29.3 Å². The minimum Gasteiger partial charge on any atom is -0.365 e. The van der Waals surface area contributed by atoms with Crippen LogP contribution in [0.15, 0.2) is 34.9 Å². The zero-order chi connectivity index (χ0) is 15.6. The molecular formula is C15H15N3O2S. The van der Waals surface area contributed by atoms with Crippen LogP contribution in [-0.4, -0.2) is 17.1 Å². The van der Waals surface area contributed by atoms with E-state index in [2.05, 4.69) is 0 Å². The fourth-order valence-corrected chi connectivity index (χ4v) is 3.26. The summed E-state index contributed by atoms with van der Waals surface area (Å²) in [6, 6.07) is 9.15. The molecule has 1 aliphatic heterocycles. The van der Waals surface area contributed by atoms with Crippen LogP contribution in [0.25, 0.3) is 0 Å². The first-order valence-electron chi connectivity index (χ1n) is 6.51. The zero-order valence-corrected chi connectivity index (χ0v) is 12.6. The third-order valence-corrected chi connectivity index (χ3v) is 4.62. The Hall–Kier alpha value is -2.26. The number of nitriles is 1. The predicted molar refractivity (Wildman–Crippen MR) is 82.2 cm³/mol. The Balaban J connectivity index is 2.58. The maximum absolute atomic E-state index is 12.5. The Morgan fingerprint density at radius 1 is 1.43 bits per heavy atom. The molecule has 1 atom stereocenters. The topological polar surface area (TPSA) is 87.2 Å². The monoisotopic (exact) mass is 301 g/mol. The number of carbonyl (C=O) groups is 2. The summed E-state index contributed by atoms with van der Waals surface area (Å²) in [7, 11) is 0. The van der Waals surface area contributed by atoms with Crippen LogP contribution >= 0.6 is 11.8 Å². The molecule has 1 aromatic rings. The standard InChI is InChI=1S/C15H15N3O2S/c1-3-12-14(20)18(10-6-4-9(2)5-7-10)15(21-12)11(8-16)13(17)19/h4-7,12H,3H2,1-2H3,(H2,17,19)/b15-11+/t12-/m1/s1. The van der Waals surface area contributed by atoms with Crippen molar-refractivity contribution in [3.8, 4) is 6.07 Å². The van der Waals surface area contributed by atoms with E-state index in [0.29, 0.717) is 17.1 Å². The Bertz CT molecular complexity index is 658. The van der Waals surface area contributed by atoms with Gasteiger partial charge in [0.05, 0.1) is 5.25 Å². The Kier molecular flexibility index (Phi) is 4.34. The summed E-state index contributed by atoms with van der Waals surface area (Å²) in [5.41, 5.74) is 6.78. The van der Waals surface area contributed by atoms with Gasteiger partial charge in [-0.2, -0.15) is 5.26 Å². The summed E-state index contributed by atoms with van der Waals surface area (Å²) in [6.45, 7) is 3.84. The van der Waals surface area contributed by atoms with E-state index < -0.39 is 5.91 Å². The number of benzene rings is 1. The fourth-order valence-electron chi connectivity index (χ4n) is 2.06. The highest BCUT2D eigenvalue weighted by atomic mass is 32.2. The predicted octanol–water partition coefficient (Wildman–Crippen LogP) is 2.07. The number of anilines is 1. The molecule has 1 fully saturated rings. The molecule has 1 aromatic carbocycles. The van der Waals surface area contributed by atoms with Gasteiger partial charge in [0.1, 0.15) is 16.7 Å². The van der Waals surface area contributed by atoms with Gasteiger partial charge in [0, 0.05) is 5.69 Å². The van der Waals surface area contributed by atoms with E-state index in [9.17, 15) is 9.59 Å². The van der Waals surface area contributed by atoms with Crippen LogP contribution in [0.4, 0.5) is 5.69 Å². The van der Waals surface area contributed by atoms with Crippen molar-refractivity contribution in [1.82, 2.24) is 0 Å². The van der Waals surface area contributed by atoms with E-state index in [4.69, 9.17) is 11.0 Å². The average Bonchev–Trinajstić information content (AvgIpc) is 2.77. The second-order valence-electron chi connectivity index (χ2n) is 4.68. The lowest BCUT2D eigenvalue weighted by Crippen LogP contribution is -2.29. The van der Waals surface area contributed by atoms with Crippen molar-refractivity contribution in [2.24, 2.45) is 5.73 Å². The van der Waals surface area contributed by atoms with E-state index in [1.54, 1.807) is 12.1 Å². The lowest BCUT2D eigenvalue weighted by Gasteiger charge is -2.18. The SMILES string of the molecule is CC[C@H]1S/C(=C(\C#N)C(N)=O)N(c2ccc(C)cc2)C1=O. The van der Waals surface area contributed by atoms with Crippen LogP contribution in [0, 0.1) is 18.3 Å². The van der Waals surface area contributed by atoms with E-state index >= 15 is 0 Å². The first kappa shape index (κ1) is 15.1. The van der Waals surface area contributed by atoms with Crippen LogP contribution in [-0.2, 0) is 9.59 Å². The maximum Gasteiger partial charge on any atom is 0.262 e. The number of aryl methyl sites for hydroxylation is 1. The van der Waals surface area contributed by atoms with Crippen LogP contribution < -0.4 is 10.6 Å². The van der Waals surface area contributed by atoms with Gasteiger partial charge in [0.15, 0.2) is 0 Å². The van der Waals surface area contributed by atoms with Crippen LogP contribution in [0.3, 0.4) is 0 Å². The molecule has 108 valence electrons. The maximum atomic E-state index is 12.5. The number of rotatable bonds is 3. The molecule has 0 bridgehead atoms. The summed E-state index contributed by atoms with van der Waals surface area (Å²) in [5.74, 6) is -0.947. The molecule has 2 rings (SSSR count). The lowest BCUT2D eigenvalue weighted by atomic mass is 10.2. The van der Waals surface area contributed by atoms with Crippen LogP contribution in [0.2, 0.25) is 0 Å². The van der Waals surface area contributed by atoms with E-state index in [0.717, 1.165) is 5.56 Å². The van der Waals surface area contributed by atoms with E-state index in [1.165, 1.54) is 16.7 Å². The lowest BCUT2D eigenvalue weighted by molar-refractivity contribution is -0.117. The molecule has 5 nitrogen and oxygen atoms in total. The van der Waals surface area contributed by atoms with Gasteiger partial charge in [-0.3, -0.25) is 14.5 Å². The summed E-state index contributed by atoms with van der Waals surface area (Å²) in [5, 5.41) is 9.17. The van der Waals surface area contributed by atoms with Crippen molar-refractivity contribution in [3.63, 3.8) is 0 Å². The van der Waals surface area contributed by atoms with Gasteiger partial charge >= 0.3 is 0 Å². The highest BCUT2D eigenvalue weighted by molar-refractivity contribution is 8.05. The third-order valence-electron chi connectivity index (χ3n) is 3.19. The summed E-state index contributed by atoms with van der Waals surface area (Å²) >= 11 is 1.22. The van der Waals surface area contributed by atoms with Gasteiger partial charge in [-0.05, 0) is 25.5 Å². The molecular weight excluding hydrogens is 286 g/mol. The van der Waals surface area contributed by atoms with Gasteiger partial charge in [0.25, 0.3) is 5.91 Å². The number of amides is 2. The number of carbonyl (C=O) groups excluding carboxylic acids is 2. The van der Waals surface area contributed by atoms with Gasteiger partial charge in [-0.25, -0.2) is 0 Å². The number of hydrogen-bond acceptors (Lipinski definition) is 4. The smallest absolute Gasteiger partial charge is 0.262 e. The summed E-state index contributed by atoms with van der Waals surface area (Å²) in [4.78, 5) is 25.3. The van der Waals surface area contributed by atoms with Crippen molar-refractivity contribution in [1.29, 1.82) is 5.26 Å². The van der Waals surface area contributed by atoms with Gasteiger partial charge in [-0.1, -0.05) is 36.4 Å². The molecule has 6 heteroatoms. The van der Waals surface area contributed by atoms with Gasteiger partial charge < -0.3 is 5.73 Å². The minimum atomic E-state index is -0.818. The van der Waals surface area contributed by atoms with Crippen molar-refractivity contribution in [2.75, 3.05) is 4.90 Å². The second-order valence-corrected chi connectivity index (χ2v) is 5.87. The van der Waals surface area contributed by atoms with Crippen LogP contribution in [0.5, 0.6) is 0 Å². The summed E-state index contributed by atoms with van der Waals surface area (Å²) in [6.07, 6.45) is 0.618. The average molecular weight is 301 g/mol. The van der Waals surface area contributed by atoms with Crippen molar-refractivity contribution in [3.05, 3.63) is 40.4 Å². The Labute approximate surface area is 127 Å². The molecule has 2 amide bonds. The molecule has 1 aliphatic rings. The summed E-state index contributed by atoms with van der Waals surface area (Å²) < 4.78 is 0. The zero-order valence-electron chi connectivity index (χ0n) is 11.8. The number of primary amides is 1. The first-order valence-corrected chi connectivity index (χ1v) is 7.39. The largest absolute Gasteiger partial charge is 0.365 e. The molecule has 21 heavy (non-hydrogen) atoms. The molecule has 0 spiro atoms. The van der Waals surface area contributed by atoms with E-state index in [1.807, 2.05) is 32.0 Å². The minimum absolute atomic E-state index is 0.129. The number of nitrogens with two attached hydrogens (primary N) is 1. The molecule has 2 N–H and O–H groups in total. The third kappa shape index (κ3) is 2.78. The number of nitrogens with zero attached hydrogens (tertiary/aromatic N) is 2. The second kappa shape index (κ2) is 6.02. The van der Waals surface area contributed by atoms with Crippen molar-refractivity contribution in [2.45, 2.75) is 25.5 Å². The van der Waals surface area contributed by atoms with Gasteiger partial charge in [0.2, 0.25) is 5.91 Å². The van der Waals surface area contributed by atoms with E-state index in [-0.39, 0.29) is 16.7 Å². The number of hydrogen-bond donors (Lipinski definition) is 1. The Morgan fingerprint density at radius 3 is 2.52 bits per heavy atom. The number of thioether (sulfide) groups is 1. The molecule has 0 aliphatic carbocycles. The molecule has 0 saturated carbocycles. The quantitative estimate of drug-likeness (QED) is 0.684. The van der Waals surface area contributed by atoms with Gasteiger partial charge in [-0.15, -0.1) is 0 Å². The fraction of sp³-hybridized carbons (Fsp3) is 0.267. The first-order chi connectivity index (χ1) is 9.99. The Morgan fingerprint density at radius 2 is 2.05 bits per heavy atom. The molecule has 1 heterocycles. The van der Waals surface area contributed by atoms with Crippen molar-refractivity contribution < 1.29 is 9.59 Å². The molecule has 0 radical (unpaired) electrons.